The molecular formula is C85H74I2N14O8. The number of esters is 1. The summed E-state index contributed by atoms with van der Waals surface area (Å²) < 4.78 is 35.1. The van der Waals surface area contributed by atoms with Crippen molar-refractivity contribution in [2.24, 2.45) is 0 Å². The van der Waals surface area contributed by atoms with Crippen molar-refractivity contribution in [3.63, 3.8) is 0 Å². The first kappa shape index (κ1) is 74.0. The number of hydrogen-bond acceptors (Lipinski definition) is 18. The molecule has 0 aliphatic heterocycles. The average Bonchev–Trinajstić information content (AvgIpc) is 1.61. The maximum Gasteiger partial charge on any atom is 0.337 e. The lowest BCUT2D eigenvalue weighted by atomic mass is 10.0. The van der Waals surface area contributed by atoms with Crippen LogP contribution in [-0.4, -0.2) is 93.4 Å². The van der Waals surface area contributed by atoms with Gasteiger partial charge in [-0.15, -0.1) is 0 Å². The highest BCUT2D eigenvalue weighted by atomic mass is 127. The van der Waals surface area contributed by atoms with E-state index in [1.807, 2.05) is 159 Å². The van der Waals surface area contributed by atoms with Gasteiger partial charge in [0.25, 0.3) is 0 Å². The third-order valence-electron chi connectivity index (χ3n) is 19.6. The predicted octanol–water partition coefficient (Wildman–Crippen LogP) is 20.0. The van der Waals surface area contributed by atoms with E-state index in [9.17, 15) is 14.7 Å². The maximum absolute atomic E-state index is 11.9. The van der Waals surface area contributed by atoms with E-state index in [4.69, 9.17) is 37.8 Å². The lowest BCUT2D eigenvalue weighted by Crippen LogP contribution is -2.07. The van der Waals surface area contributed by atoms with Crippen molar-refractivity contribution in [1.82, 2.24) is 69.2 Å². The van der Waals surface area contributed by atoms with Crippen LogP contribution in [0.5, 0.6) is 0 Å². The van der Waals surface area contributed by atoms with Crippen LogP contribution in [0.3, 0.4) is 0 Å². The van der Waals surface area contributed by atoms with Crippen LogP contribution in [0.25, 0.3) is 103 Å². The zero-order chi connectivity index (χ0) is 76.5. The standard InChI is InChI=1S/C27H24N4O3.C26H22N4O3.C19H17IN4O.C13H11IN2O/c1-16-25(18(3)34-30-16)21-13-24-26(29-14-21)22(19-8-10-20(11-9-19)27(32)33-4)15-31(24)17(2)23-7-5-6-12-28-23;1-15-24(17(3)33-29-15)20-12-23-25(28-13-20)21(18-7-9-19(10-8-18)26(31)32)14-30(23)16(2)22-6-4-5-11-27-22;1-11-18(13(3)25-23-11)14-8-17-19(22-9-14)15(20)10-24(17)12(2)16-6-4-5-7-21-16;1-7-12(8(2)17-16-7)10-5-9-3-4-11(14)13(9)15-6-10/h5-15,17H,1-4H3;4-14,16H,1-3H3,(H,31,32);4-10,12H,1-3H3;4-6H,3H2,1-2H3/t17-;16-;12-;/m000./s1. The van der Waals surface area contributed by atoms with Crippen molar-refractivity contribution in [3.05, 3.63) is 284 Å². The van der Waals surface area contributed by atoms with E-state index in [0.717, 1.165) is 178 Å². The van der Waals surface area contributed by atoms with E-state index in [0.29, 0.717) is 5.56 Å². The van der Waals surface area contributed by atoms with Crippen LogP contribution < -0.4 is 0 Å². The van der Waals surface area contributed by atoms with Gasteiger partial charge in [-0.1, -0.05) is 69.2 Å². The largest absolute Gasteiger partial charge is 0.478 e. The summed E-state index contributed by atoms with van der Waals surface area (Å²) in [4.78, 5) is 55.7. The summed E-state index contributed by atoms with van der Waals surface area (Å²) >= 11 is 4.67. The van der Waals surface area contributed by atoms with Crippen LogP contribution in [0.2, 0.25) is 0 Å². The van der Waals surface area contributed by atoms with Crippen molar-refractivity contribution in [2.75, 3.05) is 7.11 Å². The average molecular weight is 1670 g/mol. The van der Waals surface area contributed by atoms with Gasteiger partial charge in [0.05, 0.1) is 113 Å². The van der Waals surface area contributed by atoms with Crippen molar-refractivity contribution in [3.8, 4) is 66.8 Å². The van der Waals surface area contributed by atoms with Crippen molar-refractivity contribution >= 4 is 93.8 Å². The Morgan fingerprint density at radius 2 is 0.798 bits per heavy atom. The molecule has 2 aromatic carbocycles. The first-order valence-electron chi connectivity index (χ1n) is 35.1. The predicted molar refractivity (Wildman–Crippen MR) is 435 cm³/mol. The molecule has 3 atom stereocenters. The summed E-state index contributed by atoms with van der Waals surface area (Å²) in [6.07, 6.45) is 22.4. The molecule has 546 valence electrons. The fraction of sp³-hybridized carbons (Fsp3) is 0.188. The van der Waals surface area contributed by atoms with Gasteiger partial charge in [-0.3, -0.25) is 34.9 Å². The zero-order valence-corrected chi connectivity index (χ0v) is 66.1. The highest BCUT2D eigenvalue weighted by Gasteiger charge is 2.26. The van der Waals surface area contributed by atoms with Crippen LogP contribution in [-0.2, 0) is 11.2 Å². The van der Waals surface area contributed by atoms with Gasteiger partial charge in [-0.2, -0.15) is 0 Å². The minimum atomic E-state index is -0.949. The van der Waals surface area contributed by atoms with Crippen LogP contribution in [0.15, 0.2) is 214 Å². The molecule has 109 heavy (non-hydrogen) atoms. The number of allylic oxidation sites excluding steroid dienone is 1. The van der Waals surface area contributed by atoms with Gasteiger partial charge in [0.2, 0.25) is 0 Å². The number of ether oxygens (including phenoxy) is 1. The number of fused-ring (bicyclic) bond motifs is 4. The molecule has 14 heterocycles. The molecule has 14 aromatic heterocycles. The third-order valence-corrected chi connectivity index (χ3v) is 21.3. The van der Waals surface area contributed by atoms with Crippen LogP contribution in [0.4, 0.5) is 0 Å². The highest BCUT2D eigenvalue weighted by molar-refractivity contribution is 14.1. The lowest BCUT2D eigenvalue weighted by molar-refractivity contribution is 0.0599. The van der Waals surface area contributed by atoms with Crippen LogP contribution in [0.1, 0.15) is 134 Å². The smallest absolute Gasteiger partial charge is 0.337 e. The normalized spacial score (nSPS) is 12.5. The minimum Gasteiger partial charge on any atom is -0.478 e. The number of hydrogen-bond donors (Lipinski definition) is 1. The van der Waals surface area contributed by atoms with Gasteiger partial charge in [0.1, 0.15) is 28.6 Å². The Morgan fingerprint density at radius 3 is 1.16 bits per heavy atom. The second-order valence-corrected chi connectivity index (χ2v) is 28.9. The fourth-order valence-electron chi connectivity index (χ4n) is 14.0. The number of aromatic carboxylic acids is 1. The molecule has 24 heteroatoms. The first-order valence-corrected chi connectivity index (χ1v) is 37.3. The third kappa shape index (κ3) is 14.9. The van der Waals surface area contributed by atoms with E-state index in [1.54, 1.807) is 36.7 Å². The second kappa shape index (κ2) is 31.5. The molecule has 0 spiro atoms. The Balaban J connectivity index is 0.000000125. The van der Waals surface area contributed by atoms with Gasteiger partial charge in [0, 0.05) is 121 Å². The Morgan fingerprint density at radius 1 is 0.440 bits per heavy atom. The van der Waals surface area contributed by atoms with Crippen LogP contribution >= 0.6 is 45.2 Å². The Labute approximate surface area is 654 Å². The summed E-state index contributed by atoms with van der Waals surface area (Å²) in [5.41, 5.74) is 26.9. The number of carboxylic acid groups (broad SMARTS) is 1. The number of aromatic nitrogens is 14. The first-order chi connectivity index (χ1) is 52.6. The Hall–Kier alpha value is -11.9. The van der Waals surface area contributed by atoms with Gasteiger partial charge in [0.15, 0.2) is 0 Å². The van der Waals surface area contributed by atoms with E-state index < -0.39 is 5.97 Å². The summed E-state index contributed by atoms with van der Waals surface area (Å²) in [6.45, 7) is 21.8. The van der Waals surface area contributed by atoms with Gasteiger partial charge in [-0.05, 0) is 229 Å². The van der Waals surface area contributed by atoms with Gasteiger partial charge >= 0.3 is 11.9 Å². The molecule has 1 aliphatic carbocycles. The van der Waals surface area contributed by atoms with E-state index in [2.05, 4.69) is 175 Å². The van der Waals surface area contributed by atoms with Crippen molar-refractivity contribution in [2.45, 2.75) is 101 Å². The number of methoxy groups -OCH3 is 1. The summed E-state index contributed by atoms with van der Waals surface area (Å²) in [7, 11) is 1.38. The quantitative estimate of drug-likeness (QED) is 0.0782. The Kier molecular flexibility index (Phi) is 21.4. The lowest BCUT2D eigenvalue weighted by Gasteiger charge is -2.15. The molecule has 17 rings (SSSR count). The van der Waals surface area contributed by atoms with E-state index >= 15 is 0 Å². The second-order valence-electron chi connectivity index (χ2n) is 26.6. The Bertz CT molecular complexity index is 6000. The van der Waals surface area contributed by atoms with Gasteiger partial charge < -0.3 is 41.6 Å². The molecule has 16 aromatic rings. The van der Waals surface area contributed by atoms with E-state index in [1.165, 1.54) is 16.3 Å². The number of carboxylic acids is 1. The van der Waals surface area contributed by atoms with Crippen molar-refractivity contribution in [1.29, 1.82) is 0 Å². The monoisotopic (exact) mass is 1670 g/mol. The van der Waals surface area contributed by atoms with Crippen molar-refractivity contribution < 1.29 is 37.5 Å². The molecule has 0 amide bonds. The maximum atomic E-state index is 11.9. The van der Waals surface area contributed by atoms with Gasteiger partial charge in [-0.25, -0.2) is 9.59 Å². The molecule has 1 aliphatic rings. The summed E-state index contributed by atoms with van der Waals surface area (Å²) in [6, 6.07) is 40.7. The molecule has 0 radical (unpaired) electrons. The number of carbonyl (C=O) groups excluding carboxylic acids is 1. The minimum absolute atomic E-state index is 0.0199. The highest BCUT2D eigenvalue weighted by Crippen LogP contribution is 2.41. The molecular weight excluding hydrogens is 1600 g/mol. The molecule has 0 saturated heterocycles. The number of benzene rings is 2. The number of aryl methyl sites for hydroxylation is 8. The molecule has 0 bridgehead atoms. The topological polar surface area (TPSA) is 273 Å². The number of pyridine rings is 7. The number of rotatable bonds is 14. The molecule has 22 nitrogen and oxygen atoms in total. The molecule has 0 unspecified atom stereocenters. The van der Waals surface area contributed by atoms with Crippen LogP contribution in [0, 0.1) is 59.0 Å². The number of halogens is 2. The molecule has 0 saturated carbocycles. The SMILES string of the molecule is COC(=O)c1ccc(-c2cn([C@@H](C)c3ccccn3)c3cc(-c4c(C)noc4C)cnc23)cc1.Cc1noc(C)c1-c1cnc2c(-c3ccc(C(=O)O)cc3)cn([C@@H](C)c3ccccn3)c2c1.Cc1noc(C)c1-c1cnc2c(I)cn([C@@H](C)c3ccccn3)c2c1.Cc1noc(C)c1-c1cnc2c(c1)CC=C2I. The van der Waals surface area contributed by atoms with E-state index in [-0.39, 0.29) is 29.7 Å². The molecule has 1 N–H and O–H groups in total. The summed E-state index contributed by atoms with van der Waals surface area (Å²) in [5, 5.41) is 25.5. The fourth-order valence-corrected chi connectivity index (χ4v) is 15.4. The zero-order valence-electron chi connectivity index (χ0n) is 61.7. The summed E-state index contributed by atoms with van der Waals surface area (Å²) in [5.74, 6) is 1.85. The molecule has 0 fully saturated rings. The number of carbonyl (C=O) groups is 2. The number of nitrogens with zero attached hydrogens (tertiary/aromatic N) is 14.